The lowest BCUT2D eigenvalue weighted by Gasteiger charge is -2.12. The molecule has 6 nitrogen and oxygen atoms in total. The number of carbonyl (C=O) groups excluding carboxylic acids is 1. The molecule has 0 aliphatic carbocycles. The van der Waals surface area contributed by atoms with Gasteiger partial charge in [-0.25, -0.2) is 18.2 Å². The molecule has 0 saturated carbocycles. The first-order valence-electron chi connectivity index (χ1n) is 10.1. The molecule has 0 spiro atoms. The molecule has 9 heteroatoms. The Balaban J connectivity index is 1.45. The number of halogens is 3. The minimum Gasteiger partial charge on any atom is -0.355 e. The summed E-state index contributed by atoms with van der Waals surface area (Å²) in [6.07, 6.45) is 1.51. The maximum atomic E-state index is 13.9. The van der Waals surface area contributed by atoms with Gasteiger partial charge in [-0.05, 0) is 60.7 Å². The molecular formula is C25H15F3N4O2. The van der Waals surface area contributed by atoms with Gasteiger partial charge in [0, 0.05) is 33.7 Å². The quantitative estimate of drug-likeness (QED) is 0.310. The average molecular weight is 460 g/mol. The van der Waals surface area contributed by atoms with Gasteiger partial charge >= 0.3 is 0 Å². The molecule has 0 unspecified atom stereocenters. The van der Waals surface area contributed by atoms with E-state index < -0.39 is 28.9 Å². The third-order valence-corrected chi connectivity index (χ3v) is 5.30. The van der Waals surface area contributed by atoms with Gasteiger partial charge in [0.1, 0.15) is 11.5 Å². The fraction of sp³-hybridized carbons (Fsp3) is 0. The van der Waals surface area contributed by atoms with E-state index in [0.717, 1.165) is 6.07 Å². The van der Waals surface area contributed by atoms with Crippen molar-refractivity contribution in [3.8, 4) is 0 Å². The van der Waals surface area contributed by atoms with Gasteiger partial charge in [0.05, 0.1) is 11.3 Å². The van der Waals surface area contributed by atoms with Crippen LogP contribution >= 0.6 is 0 Å². The van der Waals surface area contributed by atoms with E-state index in [4.69, 9.17) is 0 Å². The molecule has 34 heavy (non-hydrogen) atoms. The third-order valence-electron chi connectivity index (χ3n) is 5.30. The summed E-state index contributed by atoms with van der Waals surface area (Å²) in [6, 6.07) is 15.5. The Labute approximate surface area is 190 Å². The first-order chi connectivity index (χ1) is 16.4. The summed E-state index contributed by atoms with van der Waals surface area (Å²) in [6.45, 7) is 0. The van der Waals surface area contributed by atoms with E-state index in [-0.39, 0.29) is 5.56 Å². The van der Waals surface area contributed by atoms with Gasteiger partial charge in [-0.1, -0.05) is 6.07 Å². The van der Waals surface area contributed by atoms with Crippen LogP contribution in [0.4, 0.5) is 30.2 Å². The van der Waals surface area contributed by atoms with Crippen LogP contribution in [0, 0.1) is 17.5 Å². The number of nitrogens with one attached hydrogen (secondary N) is 3. The topological polar surface area (TPSA) is 86.9 Å². The molecule has 168 valence electrons. The van der Waals surface area contributed by atoms with Crippen LogP contribution < -0.4 is 16.2 Å². The summed E-state index contributed by atoms with van der Waals surface area (Å²) < 4.78 is 41.2. The molecule has 0 fully saturated rings. The molecule has 5 aromatic rings. The van der Waals surface area contributed by atoms with Crippen LogP contribution in [0.25, 0.3) is 21.8 Å². The second kappa shape index (κ2) is 8.36. The van der Waals surface area contributed by atoms with E-state index in [1.807, 2.05) is 0 Å². The van der Waals surface area contributed by atoms with Gasteiger partial charge in [-0.15, -0.1) is 0 Å². The number of nitrogens with zero attached hydrogens (tertiary/aromatic N) is 1. The molecule has 5 rings (SSSR count). The molecule has 0 radical (unpaired) electrons. The standard InChI is InChI=1S/C25H15F3N4O2/c26-13-4-9-16-18(12-13)21-20(10-11-29-23(21)32-24(16)33)30-14-5-7-15(8-6-14)31-25(34)17-2-1-3-19(27)22(17)28/h1-12H,(H,31,34)(H2,29,30,32,33). The van der Waals surface area contributed by atoms with Crippen LogP contribution in [0.15, 0.2) is 77.7 Å². The number of H-pyrrole nitrogens is 1. The van der Waals surface area contributed by atoms with Crippen molar-refractivity contribution in [2.45, 2.75) is 0 Å². The molecular weight excluding hydrogens is 445 g/mol. The van der Waals surface area contributed by atoms with E-state index in [1.54, 1.807) is 30.3 Å². The van der Waals surface area contributed by atoms with Crippen molar-refractivity contribution in [3.63, 3.8) is 0 Å². The van der Waals surface area contributed by atoms with E-state index in [1.165, 1.54) is 36.5 Å². The van der Waals surface area contributed by atoms with E-state index in [2.05, 4.69) is 20.6 Å². The van der Waals surface area contributed by atoms with Crippen molar-refractivity contribution in [2.75, 3.05) is 10.6 Å². The zero-order valence-corrected chi connectivity index (χ0v) is 17.3. The molecule has 2 aromatic heterocycles. The normalized spacial score (nSPS) is 11.0. The smallest absolute Gasteiger partial charge is 0.258 e. The van der Waals surface area contributed by atoms with Gasteiger partial charge in [-0.3, -0.25) is 9.59 Å². The van der Waals surface area contributed by atoms with Gasteiger partial charge in [0.25, 0.3) is 11.5 Å². The Hall–Kier alpha value is -4.66. The Morgan fingerprint density at radius 3 is 2.44 bits per heavy atom. The van der Waals surface area contributed by atoms with Crippen LogP contribution in [0.2, 0.25) is 0 Å². The predicted octanol–water partition coefficient (Wildman–Crippen LogP) is 5.49. The summed E-state index contributed by atoms with van der Waals surface area (Å²) in [7, 11) is 0. The molecule has 3 N–H and O–H groups in total. The Kier molecular flexibility index (Phi) is 5.21. The highest BCUT2D eigenvalue weighted by atomic mass is 19.2. The summed E-state index contributed by atoms with van der Waals surface area (Å²) in [5.41, 5.74) is 1.10. The number of pyridine rings is 2. The monoisotopic (exact) mass is 460 g/mol. The Bertz CT molecular complexity index is 1630. The lowest BCUT2D eigenvalue weighted by atomic mass is 10.1. The van der Waals surface area contributed by atoms with Crippen LogP contribution in [0.5, 0.6) is 0 Å². The molecule has 0 bridgehead atoms. The Morgan fingerprint density at radius 2 is 1.65 bits per heavy atom. The molecule has 0 saturated heterocycles. The van der Waals surface area contributed by atoms with Crippen molar-refractivity contribution in [3.05, 3.63) is 106 Å². The average Bonchev–Trinajstić information content (AvgIpc) is 2.82. The summed E-state index contributed by atoms with van der Waals surface area (Å²) >= 11 is 0. The van der Waals surface area contributed by atoms with Crippen molar-refractivity contribution in [1.29, 1.82) is 0 Å². The van der Waals surface area contributed by atoms with E-state index >= 15 is 0 Å². The SMILES string of the molecule is O=C(Nc1ccc(Nc2ccnc3[nH]c(=O)c4ccc(F)cc4c23)cc1)c1cccc(F)c1F. The zero-order valence-electron chi connectivity index (χ0n) is 17.3. The number of fused-ring (bicyclic) bond motifs is 3. The summed E-state index contributed by atoms with van der Waals surface area (Å²) in [5, 5.41) is 7.00. The number of hydrogen-bond donors (Lipinski definition) is 3. The highest BCUT2D eigenvalue weighted by Gasteiger charge is 2.15. The minimum atomic E-state index is -1.22. The molecule has 0 aliphatic rings. The lowest BCUT2D eigenvalue weighted by molar-refractivity contribution is 0.102. The molecule has 2 heterocycles. The fourth-order valence-corrected chi connectivity index (χ4v) is 3.70. The third kappa shape index (κ3) is 3.83. The van der Waals surface area contributed by atoms with Crippen molar-refractivity contribution >= 4 is 44.8 Å². The Morgan fingerprint density at radius 1 is 0.882 bits per heavy atom. The highest BCUT2D eigenvalue weighted by Crippen LogP contribution is 2.30. The van der Waals surface area contributed by atoms with Gasteiger partial charge in [0.2, 0.25) is 0 Å². The molecule has 3 aromatic carbocycles. The second-order valence-corrected chi connectivity index (χ2v) is 7.48. The molecule has 0 aliphatic heterocycles. The first kappa shape index (κ1) is 21.2. The maximum absolute atomic E-state index is 13.9. The van der Waals surface area contributed by atoms with Crippen molar-refractivity contribution in [2.24, 2.45) is 0 Å². The van der Waals surface area contributed by atoms with Gasteiger partial charge < -0.3 is 15.6 Å². The number of carbonyl (C=O) groups is 1. The van der Waals surface area contributed by atoms with Crippen LogP contribution in [0.1, 0.15) is 10.4 Å². The number of benzene rings is 3. The number of anilines is 3. The first-order valence-corrected chi connectivity index (χ1v) is 10.1. The van der Waals surface area contributed by atoms with Gasteiger partial charge in [0.15, 0.2) is 11.6 Å². The largest absolute Gasteiger partial charge is 0.355 e. The summed E-state index contributed by atoms with van der Waals surface area (Å²) in [5.74, 6) is -3.59. The van der Waals surface area contributed by atoms with Crippen LogP contribution in [0.3, 0.4) is 0 Å². The van der Waals surface area contributed by atoms with Crippen molar-refractivity contribution < 1.29 is 18.0 Å². The summed E-state index contributed by atoms with van der Waals surface area (Å²) in [4.78, 5) is 31.5. The van der Waals surface area contributed by atoms with Crippen LogP contribution in [-0.4, -0.2) is 15.9 Å². The van der Waals surface area contributed by atoms with Gasteiger partial charge in [-0.2, -0.15) is 0 Å². The fourth-order valence-electron chi connectivity index (χ4n) is 3.70. The zero-order chi connectivity index (χ0) is 23.8. The maximum Gasteiger partial charge on any atom is 0.258 e. The number of amides is 1. The minimum absolute atomic E-state index is 0.300. The number of hydrogen-bond acceptors (Lipinski definition) is 4. The highest BCUT2D eigenvalue weighted by molar-refractivity contribution is 6.11. The number of aromatic nitrogens is 2. The molecule has 0 atom stereocenters. The predicted molar refractivity (Wildman–Crippen MR) is 124 cm³/mol. The van der Waals surface area contributed by atoms with Crippen LogP contribution in [-0.2, 0) is 0 Å². The second-order valence-electron chi connectivity index (χ2n) is 7.48. The van der Waals surface area contributed by atoms with E-state index in [0.29, 0.717) is 38.9 Å². The lowest BCUT2D eigenvalue weighted by Crippen LogP contribution is -2.14. The number of rotatable bonds is 4. The molecule has 1 amide bonds. The van der Waals surface area contributed by atoms with E-state index in [9.17, 15) is 22.8 Å². The van der Waals surface area contributed by atoms with Crippen molar-refractivity contribution in [1.82, 2.24) is 9.97 Å². The number of aromatic amines is 1.